The Hall–Kier alpha value is -1.51. The van der Waals surface area contributed by atoms with Gasteiger partial charge in [0.1, 0.15) is 0 Å². The SMILES string of the molecule is CN(C(N)=Nc1ccccc1)C1CCCCC1. The van der Waals surface area contributed by atoms with Crippen molar-refractivity contribution in [2.24, 2.45) is 10.7 Å². The van der Waals surface area contributed by atoms with Crippen LogP contribution in [0, 0.1) is 0 Å². The maximum Gasteiger partial charge on any atom is 0.196 e. The van der Waals surface area contributed by atoms with E-state index < -0.39 is 0 Å². The standard InChI is InChI=1S/C14H21N3/c1-17(13-10-6-3-7-11-13)14(15)16-12-8-4-2-5-9-12/h2,4-5,8-9,13H,3,6-7,10-11H2,1H3,(H2,15,16). The Kier molecular flexibility index (Phi) is 4.02. The van der Waals surface area contributed by atoms with Crippen molar-refractivity contribution < 1.29 is 0 Å². The second kappa shape index (κ2) is 5.71. The Balaban J connectivity index is 2.03. The molecule has 0 atom stereocenters. The third-order valence-corrected chi connectivity index (χ3v) is 3.48. The van der Waals surface area contributed by atoms with Gasteiger partial charge in [-0.15, -0.1) is 0 Å². The third kappa shape index (κ3) is 3.22. The second-order valence-corrected chi connectivity index (χ2v) is 4.71. The summed E-state index contributed by atoms with van der Waals surface area (Å²) in [4.78, 5) is 6.59. The summed E-state index contributed by atoms with van der Waals surface area (Å²) in [5.74, 6) is 0.628. The maximum absolute atomic E-state index is 6.06. The van der Waals surface area contributed by atoms with E-state index in [0.717, 1.165) is 5.69 Å². The van der Waals surface area contributed by atoms with Gasteiger partial charge in [0, 0.05) is 13.1 Å². The molecule has 3 heteroatoms. The molecule has 0 heterocycles. The lowest BCUT2D eigenvalue weighted by Gasteiger charge is -2.31. The molecule has 0 bridgehead atoms. The van der Waals surface area contributed by atoms with Crippen molar-refractivity contribution in [2.75, 3.05) is 7.05 Å². The normalized spacial score (nSPS) is 18.1. The molecular formula is C14H21N3. The number of rotatable bonds is 2. The van der Waals surface area contributed by atoms with Crippen molar-refractivity contribution in [1.82, 2.24) is 4.90 Å². The zero-order valence-electron chi connectivity index (χ0n) is 10.5. The molecule has 0 spiro atoms. The summed E-state index contributed by atoms with van der Waals surface area (Å²) < 4.78 is 0. The van der Waals surface area contributed by atoms with Crippen molar-refractivity contribution in [1.29, 1.82) is 0 Å². The first-order chi connectivity index (χ1) is 8.27. The smallest absolute Gasteiger partial charge is 0.196 e. The van der Waals surface area contributed by atoms with Gasteiger partial charge >= 0.3 is 0 Å². The number of nitrogens with two attached hydrogens (primary N) is 1. The van der Waals surface area contributed by atoms with E-state index in [1.54, 1.807) is 0 Å². The predicted molar refractivity (Wildman–Crippen MR) is 72.4 cm³/mol. The van der Waals surface area contributed by atoms with Crippen molar-refractivity contribution >= 4 is 11.6 Å². The minimum Gasteiger partial charge on any atom is -0.369 e. The highest BCUT2D eigenvalue weighted by atomic mass is 15.3. The Labute approximate surface area is 103 Å². The highest BCUT2D eigenvalue weighted by Gasteiger charge is 2.19. The van der Waals surface area contributed by atoms with Gasteiger partial charge < -0.3 is 10.6 Å². The van der Waals surface area contributed by atoms with Gasteiger partial charge in [-0.2, -0.15) is 0 Å². The van der Waals surface area contributed by atoms with Gasteiger partial charge in [0.15, 0.2) is 5.96 Å². The van der Waals surface area contributed by atoms with Crippen LogP contribution in [0.2, 0.25) is 0 Å². The van der Waals surface area contributed by atoms with Gasteiger partial charge in [0.25, 0.3) is 0 Å². The summed E-state index contributed by atoms with van der Waals surface area (Å²) in [7, 11) is 2.05. The van der Waals surface area contributed by atoms with E-state index in [4.69, 9.17) is 5.73 Å². The molecule has 0 saturated heterocycles. The second-order valence-electron chi connectivity index (χ2n) is 4.71. The first-order valence-electron chi connectivity index (χ1n) is 6.39. The molecule has 0 aliphatic heterocycles. The van der Waals surface area contributed by atoms with Gasteiger partial charge in [-0.1, -0.05) is 37.5 Å². The Morgan fingerprint density at radius 3 is 2.47 bits per heavy atom. The molecule has 1 aliphatic carbocycles. The van der Waals surface area contributed by atoms with E-state index >= 15 is 0 Å². The molecule has 1 fully saturated rings. The minimum atomic E-state index is 0.566. The molecule has 2 rings (SSSR count). The molecule has 2 N–H and O–H groups in total. The zero-order valence-corrected chi connectivity index (χ0v) is 10.5. The van der Waals surface area contributed by atoms with Gasteiger partial charge in [-0.3, -0.25) is 0 Å². The van der Waals surface area contributed by atoms with Crippen LogP contribution in [0.25, 0.3) is 0 Å². The monoisotopic (exact) mass is 231 g/mol. The van der Waals surface area contributed by atoms with Crippen LogP contribution in [0.4, 0.5) is 5.69 Å². The quantitative estimate of drug-likeness (QED) is 0.628. The van der Waals surface area contributed by atoms with Crippen molar-refractivity contribution in [2.45, 2.75) is 38.1 Å². The molecule has 0 unspecified atom stereocenters. The van der Waals surface area contributed by atoms with Gasteiger partial charge in [0.2, 0.25) is 0 Å². The number of guanidine groups is 1. The lowest BCUT2D eigenvalue weighted by atomic mass is 9.95. The van der Waals surface area contributed by atoms with Crippen LogP contribution in [0.5, 0.6) is 0 Å². The van der Waals surface area contributed by atoms with E-state index in [1.165, 1.54) is 32.1 Å². The molecule has 1 aromatic rings. The average Bonchev–Trinajstić information content (AvgIpc) is 2.40. The molecule has 17 heavy (non-hydrogen) atoms. The molecule has 0 aromatic heterocycles. The molecule has 0 amide bonds. The Morgan fingerprint density at radius 1 is 1.18 bits per heavy atom. The van der Waals surface area contributed by atoms with E-state index in [0.29, 0.717) is 12.0 Å². The van der Waals surface area contributed by atoms with Gasteiger partial charge in [-0.05, 0) is 25.0 Å². The average molecular weight is 231 g/mol. The minimum absolute atomic E-state index is 0.566. The summed E-state index contributed by atoms with van der Waals surface area (Å²) in [5, 5.41) is 0. The topological polar surface area (TPSA) is 41.6 Å². The van der Waals surface area contributed by atoms with Crippen LogP contribution in [0.15, 0.2) is 35.3 Å². The summed E-state index contributed by atoms with van der Waals surface area (Å²) in [6, 6.07) is 10.5. The van der Waals surface area contributed by atoms with E-state index in [-0.39, 0.29) is 0 Å². The van der Waals surface area contributed by atoms with Crippen LogP contribution in [-0.2, 0) is 0 Å². The lowest BCUT2D eigenvalue weighted by Crippen LogP contribution is -2.42. The van der Waals surface area contributed by atoms with E-state index in [1.807, 2.05) is 30.3 Å². The number of hydrogen-bond acceptors (Lipinski definition) is 1. The number of benzene rings is 1. The van der Waals surface area contributed by atoms with Gasteiger partial charge in [0.05, 0.1) is 5.69 Å². The first-order valence-corrected chi connectivity index (χ1v) is 6.39. The molecule has 0 radical (unpaired) electrons. The van der Waals surface area contributed by atoms with Crippen molar-refractivity contribution in [3.8, 4) is 0 Å². The molecule has 1 saturated carbocycles. The Morgan fingerprint density at radius 2 is 1.82 bits per heavy atom. The summed E-state index contributed by atoms with van der Waals surface area (Å²) in [5.41, 5.74) is 6.98. The molecular weight excluding hydrogens is 210 g/mol. The lowest BCUT2D eigenvalue weighted by molar-refractivity contribution is 0.276. The predicted octanol–water partition coefficient (Wildman–Crippen LogP) is 2.90. The van der Waals surface area contributed by atoms with Crippen LogP contribution >= 0.6 is 0 Å². The Bertz CT molecular complexity index is 366. The van der Waals surface area contributed by atoms with E-state index in [2.05, 4.69) is 16.9 Å². The van der Waals surface area contributed by atoms with Crippen molar-refractivity contribution in [3.63, 3.8) is 0 Å². The zero-order chi connectivity index (χ0) is 12.1. The van der Waals surface area contributed by atoms with Crippen LogP contribution in [0.1, 0.15) is 32.1 Å². The summed E-state index contributed by atoms with van der Waals surface area (Å²) >= 11 is 0. The van der Waals surface area contributed by atoms with Crippen molar-refractivity contribution in [3.05, 3.63) is 30.3 Å². The van der Waals surface area contributed by atoms with Crippen LogP contribution < -0.4 is 5.73 Å². The summed E-state index contributed by atoms with van der Waals surface area (Å²) in [6.45, 7) is 0. The van der Waals surface area contributed by atoms with Crippen LogP contribution in [0.3, 0.4) is 0 Å². The highest BCUT2D eigenvalue weighted by molar-refractivity contribution is 5.81. The number of nitrogens with zero attached hydrogens (tertiary/aromatic N) is 2. The number of aliphatic imine (C=N–C) groups is 1. The third-order valence-electron chi connectivity index (χ3n) is 3.48. The number of hydrogen-bond donors (Lipinski definition) is 1. The van der Waals surface area contributed by atoms with Gasteiger partial charge in [-0.25, -0.2) is 4.99 Å². The molecule has 3 nitrogen and oxygen atoms in total. The highest BCUT2D eigenvalue weighted by Crippen LogP contribution is 2.22. The fourth-order valence-corrected chi connectivity index (χ4v) is 2.37. The first kappa shape index (κ1) is 12.0. The van der Waals surface area contributed by atoms with E-state index in [9.17, 15) is 0 Å². The maximum atomic E-state index is 6.06. The summed E-state index contributed by atoms with van der Waals surface area (Å²) in [6.07, 6.45) is 6.46. The number of para-hydroxylation sites is 1. The molecule has 92 valence electrons. The molecule has 1 aliphatic rings. The fourth-order valence-electron chi connectivity index (χ4n) is 2.37. The fraction of sp³-hybridized carbons (Fsp3) is 0.500. The van der Waals surface area contributed by atoms with Crippen LogP contribution in [-0.4, -0.2) is 23.9 Å². The molecule has 1 aromatic carbocycles. The largest absolute Gasteiger partial charge is 0.369 e.